The molecule has 2 atom stereocenters. The smallest absolute Gasteiger partial charge is 0.358 e. The molecular weight excluding hydrogens is 479 g/mol. The number of β-lactam (4-membered cyclic amide) rings is 1. The first-order chi connectivity index (χ1) is 14.2. The maximum Gasteiger partial charge on any atom is 0.358 e. The van der Waals surface area contributed by atoms with Crippen LogP contribution in [0.1, 0.15) is 0 Å². The molecule has 0 aliphatic carbocycles. The molecule has 0 bridgehead atoms. The third-order valence-corrected chi connectivity index (χ3v) is 5.75. The molecule has 1 saturated heterocycles. The number of benzene rings is 1. The molecule has 0 aromatic heterocycles. The molecule has 162 valence electrons. The topological polar surface area (TPSA) is 94.2 Å². The van der Waals surface area contributed by atoms with Crippen LogP contribution in [-0.2, 0) is 23.9 Å². The number of carbonyl (C=O) groups is 3. The van der Waals surface area contributed by atoms with Crippen molar-refractivity contribution in [3.8, 4) is 5.75 Å². The van der Waals surface area contributed by atoms with Crippen molar-refractivity contribution in [2.24, 2.45) is 0 Å². The molecule has 3 rings (SSSR count). The van der Waals surface area contributed by atoms with Crippen LogP contribution in [0.5, 0.6) is 5.75 Å². The average Bonchev–Trinajstić information content (AvgIpc) is 2.73. The van der Waals surface area contributed by atoms with Gasteiger partial charge in [0.15, 0.2) is 12.3 Å². The first kappa shape index (κ1) is 22.9. The van der Waals surface area contributed by atoms with E-state index in [0.717, 1.165) is 0 Å². The van der Waals surface area contributed by atoms with Gasteiger partial charge in [-0.2, -0.15) is 0 Å². The number of nitrogens with zero attached hydrogens (tertiary/aromatic N) is 1. The minimum atomic E-state index is -1.79. The monoisotopic (exact) mass is 494 g/mol. The van der Waals surface area contributed by atoms with Crippen LogP contribution in [-0.4, -0.2) is 64.0 Å². The lowest BCUT2D eigenvalue weighted by Crippen LogP contribution is -2.71. The van der Waals surface area contributed by atoms with Crippen molar-refractivity contribution in [1.82, 2.24) is 10.2 Å². The number of carbonyl (C=O) groups excluding carboxylic acids is 3. The third-order valence-electron chi connectivity index (χ3n) is 4.17. The van der Waals surface area contributed by atoms with E-state index in [1.807, 2.05) is 6.07 Å². The normalized spacial score (nSPS) is 20.8. The number of esters is 1. The standard InChI is InChI=1S/C18H17Cl3N2O6S/c1-27-11-8-30-16-13(22-12(24)7-28-10-5-3-2-4-6-10)15(25)23(16)14(11)17(26)29-9-18(19,20)21/h2-6,13,16H,7-9H2,1H3,(H,22,24)/t13?,16-/m0/s1. The quantitative estimate of drug-likeness (QED) is 0.352. The van der Waals surface area contributed by atoms with E-state index in [-0.39, 0.29) is 18.1 Å². The largest absolute Gasteiger partial charge is 0.498 e. The van der Waals surface area contributed by atoms with Crippen molar-refractivity contribution in [2.45, 2.75) is 15.2 Å². The summed E-state index contributed by atoms with van der Waals surface area (Å²) in [6.07, 6.45) is 0. The second-order valence-corrected chi connectivity index (χ2v) is 9.84. The van der Waals surface area contributed by atoms with E-state index in [1.165, 1.54) is 23.8 Å². The van der Waals surface area contributed by atoms with Crippen LogP contribution in [0.15, 0.2) is 41.8 Å². The summed E-state index contributed by atoms with van der Waals surface area (Å²) in [5.41, 5.74) is -0.0634. The highest BCUT2D eigenvalue weighted by Gasteiger charge is 2.55. The Labute approximate surface area is 191 Å². The van der Waals surface area contributed by atoms with Gasteiger partial charge in [-0.25, -0.2) is 4.79 Å². The Morgan fingerprint density at radius 3 is 2.60 bits per heavy atom. The first-order valence-electron chi connectivity index (χ1n) is 8.64. The fourth-order valence-corrected chi connectivity index (χ4v) is 4.31. The molecule has 2 aliphatic rings. The number of alkyl halides is 3. The zero-order chi connectivity index (χ0) is 21.9. The SMILES string of the molecule is COC1=C(C(=O)OCC(Cl)(Cl)Cl)N2C(=O)C(NC(=O)COc3ccccc3)[C@@H]2SC1. The van der Waals surface area contributed by atoms with E-state index in [1.54, 1.807) is 24.3 Å². The predicted octanol–water partition coefficient (Wildman–Crippen LogP) is 2.24. The van der Waals surface area contributed by atoms with Crippen molar-refractivity contribution in [3.63, 3.8) is 0 Å². The van der Waals surface area contributed by atoms with Crippen LogP contribution in [0.3, 0.4) is 0 Å². The van der Waals surface area contributed by atoms with Crippen LogP contribution >= 0.6 is 46.6 Å². The molecule has 0 radical (unpaired) electrons. The number of ether oxygens (including phenoxy) is 3. The lowest BCUT2D eigenvalue weighted by atomic mass is 10.0. The molecule has 2 amide bonds. The van der Waals surface area contributed by atoms with Crippen LogP contribution in [0, 0.1) is 0 Å². The van der Waals surface area contributed by atoms with Crippen LogP contribution in [0.2, 0.25) is 0 Å². The number of amides is 2. The molecule has 0 spiro atoms. The highest BCUT2D eigenvalue weighted by molar-refractivity contribution is 8.00. The zero-order valence-corrected chi connectivity index (χ0v) is 18.7. The van der Waals surface area contributed by atoms with Gasteiger partial charge < -0.3 is 19.5 Å². The van der Waals surface area contributed by atoms with E-state index in [2.05, 4.69) is 5.32 Å². The van der Waals surface area contributed by atoms with Gasteiger partial charge in [0.25, 0.3) is 11.8 Å². The number of thioether (sulfide) groups is 1. The molecule has 2 aliphatic heterocycles. The van der Waals surface area contributed by atoms with Gasteiger partial charge in [-0.3, -0.25) is 14.5 Å². The highest BCUT2D eigenvalue weighted by Crippen LogP contribution is 2.41. The predicted molar refractivity (Wildman–Crippen MR) is 112 cm³/mol. The Morgan fingerprint density at radius 1 is 1.27 bits per heavy atom. The van der Waals surface area contributed by atoms with Gasteiger partial charge in [-0.1, -0.05) is 53.0 Å². The summed E-state index contributed by atoms with van der Waals surface area (Å²) in [5, 5.41) is 2.14. The fourth-order valence-electron chi connectivity index (χ4n) is 2.83. The summed E-state index contributed by atoms with van der Waals surface area (Å²) in [5.74, 6) is -0.691. The molecule has 1 fully saturated rings. The van der Waals surface area contributed by atoms with Crippen molar-refractivity contribution in [3.05, 3.63) is 41.8 Å². The van der Waals surface area contributed by atoms with Gasteiger partial charge in [0.1, 0.15) is 29.5 Å². The maximum atomic E-state index is 12.7. The fraction of sp³-hybridized carbons (Fsp3) is 0.389. The van der Waals surface area contributed by atoms with E-state index in [9.17, 15) is 14.4 Å². The minimum absolute atomic E-state index is 0.0634. The average molecular weight is 496 g/mol. The molecule has 12 heteroatoms. The Hall–Kier alpha value is -1.81. The van der Waals surface area contributed by atoms with E-state index in [0.29, 0.717) is 11.5 Å². The van der Waals surface area contributed by atoms with Crippen molar-refractivity contribution < 1.29 is 28.6 Å². The number of hydrogen-bond donors (Lipinski definition) is 1. The number of para-hydroxylation sites is 1. The van der Waals surface area contributed by atoms with Crippen molar-refractivity contribution >= 4 is 64.3 Å². The molecule has 1 unspecified atom stereocenters. The van der Waals surface area contributed by atoms with E-state index < -0.39 is 39.6 Å². The number of halogens is 3. The van der Waals surface area contributed by atoms with Gasteiger partial charge in [0.2, 0.25) is 3.79 Å². The summed E-state index contributed by atoms with van der Waals surface area (Å²) >= 11 is 18.2. The van der Waals surface area contributed by atoms with Crippen molar-refractivity contribution in [2.75, 3.05) is 26.1 Å². The second kappa shape index (κ2) is 9.55. The Bertz CT molecular complexity index is 861. The molecule has 8 nitrogen and oxygen atoms in total. The minimum Gasteiger partial charge on any atom is -0.498 e. The number of nitrogens with one attached hydrogen (secondary N) is 1. The van der Waals surface area contributed by atoms with Gasteiger partial charge in [0, 0.05) is 0 Å². The maximum absolute atomic E-state index is 12.7. The zero-order valence-electron chi connectivity index (χ0n) is 15.6. The molecule has 30 heavy (non-hydrogen) atoms. The molecule has 0 saturated carbocycles. The van der Waals surface area contributed by atoms with Gasteiger partial charge >= 0.3 is 5.97 Å². The molecule has 1 aromatic carbocycles. The summed E-state index contributed by atoms with van der Waals surface area (Å²) < 4.78 is 13.8. The summed E-state index contributed by atoms with van der Waals surface area (Å²) in [6.45, 7) is -0.740. The summed E-state index contributed by atoms with van der Waals surface area (Å²) in [4.78, 5) is 38.6. The van der Waals surface area contributed by atoms with E-state index in [4.69, 9.17) is 49.0 Å². The number of methoxy groups -OCH3 is 1. The van der Waals surface area contributed by atoms with Gasteiger partial charge in [0.05, 0.1) is 12.9 Å². The van der Waals surface area contributed by atoms with E-state index >= 15 is 0 Å². The van der Waals surface area contributed by atoms with Gasteiger partial charge in [-0.05, 0) is 12.1 Å². The lowest BCUT2D eigenvalue weighted by Gasteiger charge is -2.49. The Kier molecular flexibility index (Phi) is 7.28. The highest BCUT2D eigenvalue weighted by atomic mass is 35.6. The number of fused-ring (bicyclic) bond motifs is 1. The van der Waals surface area contributed by atoms with Crippen LogP contribution in [0.25, 0.3) is 0 Å². The third kappa shape index (κ3) is 5.26. The lowest BCUT2D eigenvalue weighted by molar-refractivity contribution is -0.153. The van der Waals surface area contributed by atoms with Crippen LogP contribution < -0.4 is 10.1 Å². The first-order valence-corrected chi connectivity index (χ1v) is 10.8. The van der Waals surface area contributed by atoms with Crippen molar-refractivity contribution in [1.29, 1.82) is 0 Å². The Balaban J connectivity index is 1.62. The molecule has 1 aromatic rings. The second-order valence-electron chi connectivity index (χ2n) is 6.22. The summed E-state index contributed by atoms with van der Waals surface area (Å²) in [7, 11) is 1.38. The van der Waals surface area contributed by atoms with Gasteiger partial charge in [-0.15, -0.1) is 11.8 Å². The Morgan fingerprint density at radius 2 is 1.97 bits per heavy atom. The number of hydrogen-bond acceptors (Lipinski definition) is 7. The molecular formula is C18H17Cl3N2O6S. The van der Waals surface area contributed by atoms with Crippen LogP contribution in [0.4, 0.5) is 0 Å². The molecule has 1 N–H and O–H groups in total. The molecule has 2 heterocycles. The number of rotatable bonds is 7. The summed E-state index contributed by atoms with van der Waals surface area (Å²) in [6, 6.07) is 8.01.